The number of H-pyrrole nitrogens is 1. The monoisotopic (exact) mass is 317 g/mol. The number of aromatic nitrogens is 3. The third-order valence-electron chi connectivity index (χ3n) is 3.43. The van der Waals surface area contributed by atoms with Crippen molar-refractivity contribution in [2.24, 2.45) is 0 Å². The zero-order valence-corrected chi connectivity index (χ0v) is 13.7. The van der Waals surface area contributed by atoms with Crippen molar-refractivity contribution in [1.29, 1.82) is 0 Å². The Morgan fingerprint density at radius 3 is 2.57 bits per heavy atom. The van der Waals surface area contributed by atoms with E-state index in [0.717, 1.165) is 22.5 Å². The molecule has 5 heteroatoms. The highest BCUT2D eigenvalue weighted by Gasteiger charge is 2.19. The van der Waals surface area contributed by atoms with E-state index in [1.54, 1.807) is 0 Å². The first-order valence-electron chi connectivity index (χ1n) is 6.74. The summed E-state index contributed by atoms with van der Waals surface area (Å²) in [6, 6.07) is 9.69. The van der Waals surface area contributed by atoms with Crippen LogP contribution in [0.4, 0.5) is 0 Å². The van der Waals surface area contributed by atoms with Gasteiger partial charge < -0.3 is 0 Å². The Kier molecular flexibility index (Phi) is 3.38. The Morgan fingerprint density at radius 2 is 1.90 bits per heavy atom. The summed E-state index contributed by atoms with van der Waals surface area (Å²) in [5.74, 6) is 0. The van der Waals surface area contributed by atoms with Crippen molar-refractivity contribution in [3.63, 3.8) is 0 Å². The van der Waals surface area contributed by atoms with Gasteiger partial charge in [-0.2, -0.15) is 0 Å². The molecule has 0 fully saturated rings. The van der Waals surface area contributed by atoms with Gasteiger partial charge in [-0.1, -0.05) is 62.8 Å². The van der Waals surface area contributed by atoms with Gasteiger partial charge in [0.15, 0.2) is 5.65 Å². The van der Waals surface area contributed by atoms with Crippen LogP contribution in [0.25, 0.3) is 16.8 Å². The van der Waals surface area contributed by atoms with Gasteiger partial charge in [-0.3, -0.25) is 5.10 Å². The average Bonchev–Trinajstić information content (AvgIpc) is 2.82. The minimum Gasteiger partial charge on any atom is -0.298 e. The van der Waals surface area contributed by atoms with Crippen molar-refractivity contribution in [3.8, 4) is 11.1 Å². The number of benzene rings is 1. The van der Waals surface area contributed by atoms with Crippen LogP contribution in [0.3, 0.4) is 0 Å². The summed E-state index contributed by atoms with van der Waals surface area (Å²) in [5.41, 5.74) is 3.63. The molecule has 0 radical (unpaired) electrons. The third kappa shape index (κ3) is 2.49. The largest absolute Gasteiger partial charge is 0.298 e. The van der Waals surface area contributed by atoms with Gasteiger partial charge in [0.05, 0.1) is 5.69 Å². The third-order valence-corrected chi connectivity index (χ3v) is 4.06. The minimum atomic E-state index is -0.0582. The first kappa shape index (κ1) is 14.3. The molecule has 3 nitrogen and oxygen atoms in total. The number of rotatable bonds is 1. The van der Waals surface area contributed by atoms with E-state index >= 15 is 0 Å². The zero-order chi connectivity index (χ0) is 15.2. The molecule has 0 aliphatic carbocycles. The molecule has 21 heavy (non-hydrogen) atoms. The van der Waals surface area contributed by atoms with E-state index in [4.69, 9.17) is 28.8 Å². The molecule has 1 N–H and O–H groups in total. The van der Waals surface area contributed by atoms with Crippen LogP contribution in [0, 0.1) is 4.64 Å². The van der Waals surface area contributed by atoms with E-state index in [9.17, 15) is 0 Å². The minimum absolute atomic E-state index is 0.0582. The van der Waals surface area contributed by atoms with Gasteiger partial charge in [0.1, 0.15) is 4.64 Å². The number of aromatic amines is 1. The SMILES string of the molecule is CC(C)(C)c1cc(=S)n2[nH]cc(-c3ccccc3Cl)c2n1. The van der Waals surface area contributed by atoms with Crippen molar-refractivity contribution in [2.75, 3.05) is 0 Å². The van der Waals surface area contributed by atoms with Crippen molar-refractivity contribution in [2.45, 2.75) is 26.2 Å². The highest BCUT2D eigenvalue weighted by atomic mass is 35.5. The average molecular weight is 318 g/mol. The smallest absolute Gasteiger partial charge is 0.162 e. The lowest BCUT2D eigenvalue weighted by Gasteiger charge is -2.17. The molecule has 0 amide bonds. The molecule has 0 saturated heterocycles. The van der Waals surface area contributed by atoms with Gasteiger partial charge in [0, 0.05) is 27.8 Å². The standard InChI is InChI=1S/C16H16ClN3S/c1-16(2,3)13-8-14(21)20-15(19-13)11(9-18-20)10-6-4-5-7-12(10)17/h4-9,18H,1-3H3. The van der Waals surface area contributed by atoms with Crippen molar-refractivity contribution < 1.29 is 0 Å². The maximum absolute atomic E-state index is 6.31. The lowest BCUT2D eigenvalue weighted by Crippen LogP contribution is -2.14. The highest BCUT2D eigenvalue weighted by Crippen LogP contribution is 2.31. The van der Waals surface area contributed by atoms with Gasteiger partial charge in [0.25, 0.3) is 0 Å². The van der Waals surface area contributed by atoms with Crippen LogP contribution in [0.1, 0.15) is 26.5 Å². The molecule has 0 saturated carbocycles. The van der Waals surface area contributed by atoms with E-state index in [0.29, 0.717) is 9.66 Å². The lowest BCUT2D eigenvalue weighted by molar-refractivity contribution is 0.567. The molecule has 3 rings (SSSR count). The molecular weight excluding hydrogens is 302 g/mol. The van der Waals surface area contributed by atoms with Crippen LogP contribution in [-0.2, 0) is 5.41 Å². The first-order valence-corrected chi connectivity index (χ1v) is 7.53. The van der Waals surface area contributed by atoms with Crippen molar-refractivity contribution in [3.05, 3.63) is 51.9 Å². The molecule has 1 aromatic carbocycles. The summed E-state index contributed by atoms with van der Waals surface area (Å²) in [6.07, 6.45) is 1.89. The van der Waals surface area contributed by atoms with Crippen LogP contribution in [0.15, 0.2) is 36.5 Å². The Labute approximate surface area is 133 Å². The van der Waals surface area contributed by atoms with Gasteiger partial charge in [-0.15, -0.1) is 0 Å². The number of fused-ring (bicyclic) bond motifs is 1. The second-order valence-electron chi connectivity index (χ2n) is 6.06. The Morgan fingerprint density at radius 1 is 1.19 bits per heavy atom. The van der Waals surface area contributed by atoms with E-state index < -0.39 is 0 Å². The zero-order valence-electron chi connectivity index (χ0n) is 12.1. The molecule has 0 unspecified atom stereocenters. The fraction of sp³-hybridized carbons (Fsp3) is 0.250. The molecule has 0 atom stereocenters. The lowest BCUT2D eigenvalue weighted by atomic mass is 9.92. The van der Waals surface area contributed by atoms with E-state index in [2.05, 4.69) is 25.9 Å². The molecular formula is C16H16ClN3S. The molecule has 2 aromatic heterocycles. The number of hydrogen-bond acceptors (Lipinski definition) is 2. The van der Waals surface area contributed by atoms with Gasteiger partial charge in [-0.25, -0.2) is 9.50 Å². The predicted molar refractivity (Wildman–Crippen MR) is 89.5 cm³/mol. The molecule has 3 aromatic rings. The normalized spacial score (nSPS) is 12.0. The number of hydrogen-bond donors (Lipinski definition) is 1. The number of nitrogens with zero attached hydrogens (tertiary/aromatic N) is 2. The number of nitrogens with one attached hydrogen (secondary N) is 1. The fourth-order valence-corrected chi connectivity index (χ4v) is 2.73. The van der Waals surface area contributed by atoms with Crippen LogP contribution in [0.5, 0.6) is 0 Å². The van der Waals surface area contributed by atoms with Crippen LogP contribution in [0.2, 0.25) is 5.02 Å². The maximum Gasteiger partial charge on any atom is 0.162 e. The molecule has 0 aliphatic heterocycles. The quantitative estimate of drug-likeness (QED) is 0.640. The van der Waals surface area contributed by atoms with Crippen molar-refractivity contribution in [1.82, 2.24) is 14.6 Å². The molecule has 0 bridgehead atoms. The maximum atomic E-state index is 6.31. The van der Waals surface area contributed by atoms with E-state index in [1.807, 2.05) is 41.0 Å². The van der Waals surface area contributed by atoms with Crippen LogP contribution < -0.4 is 0 Å². The highest BCUT2D eigenvalue weighted by molar-refractivity contribution is 7.71. The first-order chi connectivity index (χ1) is 9.88. The van der Waals surface area contributed by atoms with Crippen LogP contribution >= 0.6 is 23.8 Å². The second kappa shape index (κ2) is 4.97. The summed E-state index contributed by atoms with van der Waals surface area (Å²) < 4.78 is 2.52. The molecule has 0 spiro atoms. The van der Waals surface area contributed by atoms with Gasteiger partial charge in [0.2, 0.25) is 0 Å². The topological polar surface area (TPSA) is 33.1 Å². The van der Waals surface area contributed by atoms with Crippen molar-refractivity contribution >= 4 is 29.5 Å². The Hall–Kier alpha value is -1.65. The molecule has 2 heterocycles. The molecule has 0 aliphatic rings. The summed E-state index contributed by atoms with van der Waals surface area (Å²) in [5, 5.41) is 3.85. The van der Waals surface area contributed by atoms with Gasteiger partial charge in [-0.05, 0) is 12.1 Å². The predicted octanol–water partition coefficient (Wildman–Crippen LogP) is 5.01. The summed E-state index contributed by atoms with van der Waals surface area (Å²) in [6.45, 7) is 6.38. The molecule has 108 valence electrons. The number of halogens is 1. The second-order valence-corrected chi connectivity index (χ2v) is 6.88. The van der Waals surface area contributed by atoms with E-state index in [1.165, 1.54) is 0 Å². The Balaban J connectivity index is 2.34. The van der Waals surface area contributed by atoms with E-state index in [-0.39, 0.29) is 5.41 Å². The van der Waals surface area contributed by atoms with Crippen LogP contribution in [-0.4, -0.2) is 14.6 Å². The fourth-order valence-electron chi connectivity index (χ4n) is 2.24. The van der Waals surface area contributed by atoms with Gasteiger partial charge >= 0.3 is 0 Å². The Bertz CT molecular complexity index is 871. The summed E-state index contributed by atoms with van der Waals surface area (Å²) >= 11 is 11.8. The summed E-state index contributed by atoms with van der Waals surface area (Å²) in [7, 11) is 0. The summed E-state index contributed by atoms with van der Waals surface area (Å²) in [4.78, 5) is 4.79.